The molecule has 0 spiro atoms. The number of allylic oxidation sites excluding steroid dienone is 7. The molecule has 19 heteroatoms. The first-order valence-corrected chi connectivity index (χ1v) is 54.7. The minimum Gasteiger partial charge on any atom is -0.545 e. The summed E-state index contributed by atoms with van der Waals surface area (Å²) in [4.78, 5) is 109. The maximum absolute atomic E-state index is 14.6. The zero-order valence-corrected chi connectivity index (χ0v) is 84.1. The molecule has 20 atom stereocenters. The molecule has 0 bridgehead atoms. The lowest BCUT2D eigenvalue weighted by Crippen LogP contribution is -2.50. The number of rotatable bonds is 48. The number of fused-ring (bicyclic) bond motifs is 13. The van der Waals surface area contributed by atoms with Gasteiger partial charge in [0.15, 0.2) is 23.2 Å². The van der Waals surface area contributed by atoms with Crippen molar-refractivity contribution in [3.63, 3.8) is 0 Å². The second kappa shape index (κ2) is 49.7. The third-order valence-electron chi connectivity index (χ3n) is 36.1. The smallest absolute Gasteiger partial charge is 0.315 e. The van der Waals surface area contributed by atoms with Gasteiger partial charge in [0, 0.05) is 123 Å². The van der Waals surface area contributed by atoms with Gasteiger partial charge in [-0.25, -0.2) is 13.6 Å². The van der Waals surface area contributed by atoms with Crippen LogP contribution in [0.4, 0.5) is 13.6 Å². The number of aromatic hydroxyl groups is 1. The molecule has 2 saturated heterocycles. The van der Waals surface area contributed by atoms with Crippen LogP contribution >= 0.6 is 11.8 Å². The van der Waals surface area contributed by atoms with Crippen molar-refractivity contribution < 1.29 is 66.9 Å². The maximum atomic E-state index is 14.6. The number of amides is 4. The topological polar surface area (TPSA) is 254 Å². The SMILES string of the molecule is CC(C)CCCCCCCCCCCCCC[C@@H](C)C1CC[C@H]2[C@H]3CC=C4C[C@@H](C)CCC4(C)C3CCC12C.CC1CC[C@H]2[C@H]3CC=C4C[C@@H](CCCCCC(=O)CCCC(=O)CCCC(=O)c5ccc(C6c7cc(F)c(O)cc7OC7=CC(=O)C(F)=CC76)c(C(=O)[O-])c5)CCC4(C)C3CCC12C.CNC(=O)CCNC(=O)CCCCCCC(=O)CCCC[C@@H]1SC[C@@H]2NC(=O)N[C@@H]21. The van der Waals surface area contributed by atoms with E-state index in [-0.39, 0.29) is 101 Å². The normalized spacial score (nSPS) is 30.4. The highest BCUT2D eigenvalue weighted by Crippen LogP contribution is 2.69. The van der Waals surface area contributed by atoms with Gasteiger partial charge in [-0.2, -0.15) is 11.8 Å². The number of phenolic OH excluding ortho intramolecular Hbond substituents is 1. The van der Waals surface area contributed by atoms with Crippen LogP contribution in [-0.2, 0) is 28.8 Å². The summed E-state index contributed by atoms with van der Waals surface area (Å²) in [7, 11) is 1.58. The number of thioether (sulfide) groups is 1. The first-order chi connectivity index (χ1) is 63.8. The fourth-order valence-corrected chi connectivity index (χ4v) is 29.5. The van der Waals surface area contributed by atoms with Crippen LogP contribution in [0, 0.1) is 104 Å². The van der Waals surface area contributed by atoms with Crippen LogP contribution in [0.25, 0.3) is 0 Å². The molecule has 5 N–H and O–H groups in total. The molecule has 133 heavy (non-hydrogen) atoms. The quantitative estimate of drug-likeness (QED) is 0.0179. The zero-order valence-electron chi connectivity index (χ0n) is 83.3. The largest absolute Gasteiger partial charge is 0.545 e. The number of ketones is 5. The highest BCUT2D eigenvalue weighted by molar-refractivity contribution is 8.00. The number of carboxylic acids is 1. The number of halogens is 2. The summed E-state index contributed by atoms with van der Waals surface area (Å²) in [5, 5.41) is 34.1. The van der Waals surface area contributed by atoms with Crippen LogP contribution in [0.2, 0.25) is 0 Å². The van der Waals surface area contributed by atoms with E-state index in [1.165, 1.54) is 205 Å². The van der Waals surface area contributed by atoms with Crippen LogP contribution in [-0.4, -0.2) is 94.5 Å². The number of ether oxygens (including phenoxy) is 1. The maximum Gasteiger partial charge on any atom is 0.315 e. The van der Waals surface area contributed by atoms with Gasteiger partial charge in [0.25, 0.3) is 0 Å². The Morgan fingerprint density at radius 2 is 1.13 bits per heavy atom. The summed E-state index contributed by atoms with van der Waals surface area (Å²) in [6.45, 7) is 23.4. The van der Waals surface area contributed by atoms with Gasteiger partial charge in [-0.1, -0.05) is 226 Å². The Bertz CT molecular complexity index is 4440. The monoisotopic (exact) mass is 1860 g/mol. The summed E-state index contributed by atoms with van der Waals surface area (Å²) in [6.07, 6.45) is 65.8. The Morgan fingerprint density at radius 1 is 0.571 bits per heavy atom. The third-order valence-corrected chi connectivity index (χ3v) is 37.6. The van der Waals surface area contributed by atoms with E-state index in [0.717, 1.165) is 171 Å². The van der Waals surface area contributed by atoms with Crippen molar-refractivity contribution in [1.82, 2.24) is 21.3 Å². The Labute approximate surface area is 802 Å². The van der Waals surface area contributed by atoms with Crippen molar-refractivity contribution in [2.45, 2.75) is 419 Å². The molecular weight excluding hydrogens is 1690 g/mol. The summed E-state index contributed by atoms with van der Waals surface area (Å²) >= 11 is 1.92. The van der Waals surface area contributed by atoms with Crippen LogP contribution in [0.15, 0.2) is 77.4 Å². The highest BCUT2D eigenvalue weighted by atomic mass is 32.2. The number of carboxylic acid groups (broad SMARTS) is 1. The van der Waals surface area contributed by atoms with Gasteiger partial charge < -0.3 is 41.0 Å². The van der Waals surface area contributed by atoms with Gasteiger partial charge in [-0.15, -0.1) is 0 Å². The van der Waals surface area contributed by atoms with E-state index in [2.05, 4.69) is 95.7 Å². The minimum atomic E-state index is -1.63. The molecule has 14 rings (SSSR count). The molecular formula is C114H169F2N4O12S-. The fourth-order valence-electron chi connectivity index (χ4n) is 28.0. The number of aromatic carboxylic acids is 1. The predicted molar refractivity (Wildman–Crippen MR) is 528 cm³/mol. The number of urea groups is 1. The molecule has 4 amide bonds. The number of carbonyl (C=O) groups is 9. The molecule has 3 aliphatic heterocycles. The van der Waals surface area contributed by atoms with E-state index in [1.807, 2.05) is 17.3 Å². The third kappa shape index (κ3) is 27.2. The standard InChI is InChI=1S/C54H64F2O8.C39H70.C21H36N4O4S/c1-31-15-20-42-38-19-17-34-25-32(21-23-54(34,3)43(38)22-24-53(31,42)2)9-5-4-6-10-35(57)11-7-12-36(58)13-8-14-46(59)33-16-18-37(39(26-33)52(62)63)51-40-27-44(55)47(60)29-49(40)64-50-30-48(61)45(56)28-41(50)51;1-30(2)19-17-15-13-11-9-7-8-10-12-14-16-18-20-32(4)35-23-24-36-34-22-21-33-29-31(3)25-27-38(33,5)37(34)26-28-39(35,36)6;1-22-18(27)12-13-23-19(28)11-5-3-2-4-8-15(26)9-6-7-10-17-20-16(14-30-17)24-21(29)25-20/h16-18,26-32,38,40,42-43,51,61H,4-15,19-25H2,1-3H3,(H,62,63);21,30-32,34-37H,7-20,22-29H2,1-6H3;16-17,20H,2-14H2,1H3,(H,22,27)(H,23,28)(H2,24,25,29)/p-1/t31?,32-,38+,40?,42-,43?,51?,53?,54?;31-,32+,34+,35?,36-,37?,38?,39?;16-,17-,20-/m000/s1. The fraction of sp³-hybridized carbons (Fsp3) is 0.746. The lowest BCUT2D eigenvalue weighted by atomic mass is 9.46. The first kappa shape index (κ1) is 105. The van der Waals surface area contributed by atoms with Gasteiger partial charge in [0.05, 0.1) is 18.1 Å². The zero-order chi connectivity index (χ0) is 95.2. The van der Waals surface area contributed by atoms with Crippen molar-refractivity contribution in [3.05, 3.63) is 105 Å². The number of phenols is 1. The lowest BCUT2D eigenvalue weighted by molar-refractivity contribution is -0.255. The van der Waals surface area contributed by atoms with Gasteiger partial charge in [0.2, 0.25) is 17.6 Å². The summed E-state index contributed by atoms with van der Waals surface area (Å²) in [5.74, 6) is 4.40. The Morgan fingerprint density at radius 3 is 1.77 bits per heavy atom. The van der Waals surface area contributed by atoms with Crippen LogP contribution < -0.4 is 31.1 Å². The van der Waals surface area contributed by atoms with Gasteiger partial charge in [0.1, 0.15) is 28.9 Å². The van der Waals surface area contributed by atoms with E-state index >= 15 is 0 Å². The van der Waals surface area contributed by atoms with E-state index < -0.39 is 46.8 Å². The number of Topliss-reactive ketones (excluding diaryl/α,β-unsaturated/α-hetero) is 4. The minimum absolute atomic E-state index is 0.0136. The van der Waals surface area contributed by atoms with E-state index in [1.54, 1.807) is 19.0 Å². The number of unbranched alkanes of at least 4 members (excludes halogenated alkanes) is 17. The summed E-state index contributed by atoms with van der Waals surface area (Å²) in [6, 6.07) is 6.36. The van der Waals surface area contributed by atoms with Crippen molar-refractivity contribution in [2.24, 2.45) is 98.6 Å². The second-order valence-electron chi connectivity index (χ2n) is 45.3. The average molecular weight is 1860 g/mol. The van der Waals surface area contributed by atoms with Crippen LogP contribution in [0.3, 0.4) is 0 Å². The molecule has 16 nitrogen and oxygen atoms in total. The Balaban J connectivity index is 0.000000197. The summed E-state index contributed by atoms with van der Waals surface area (Å²) in [5.41, 5.74) is 5.61. The first-order valence-electron chi connectivity index (χ1n) is 53.6. The molecule has 2 aromatic carbocycles. The highest BCUT2D eigenvalue weighted by Gasteiger charge is 2.61. The molecule has 3 heterocycles. The van der Waals surface area contributed by atoms with E-state index in [4.69, 9.17) is 4.74 Å². The van der Waals surface area contributed by atoms with Crippen LogP contribution in [0.5, 0.6) is 11.5 Å². The molecule has 12 aliphatic rings. The molecule has 10 unspecified atom stereocenters. The van der Waals surface area contributed by atoms with E-state index in [9.17, 15) is 62.1 Å². The lowest BCUT2D eigenvalue weighted by Gasteiger charge is -2.58. The predicted octanol–water partition coefficient (Wildman–Crippen LogP) is 26.0. The van der Waals surface area contributed by atoms with Crippen molar-refractivity contribution in [2.75, 3.05) is 19.3 Å². The summed E-state index contributed by atoms with van der Waals surface area (Å²) < 4.78 is 34.9. The Kier molecular flexibility index (Phi) is 39.3. The second-order valence-corrected chi connectivity index (χ2v) is 46.6. The van der Waals surface area contributed by atoms with Gasteiger partial charge in [-0.05, 0) is 264 Å². The number of hydrogen-bond donors (Lipinski definition) is 5. The number of hydrogen-bond acceptors (Lipinski definition) is 13. The number of carbonyl (C=O) groups excluding carboxylic acids is 9. The van der Waals surface area contributed by atoms with Crippen LogP contribution in [0.1, 0.15) is 434 Å². The molecule has 9 aliphatic carbocycles. The number of benzene rings is 2. The molecule has 738 valence electrons. The van der Waals surface area contributed by atoms with Crippen molar-refractivity contribution in [1.29, 1.82) is 0 Å². The average Bonchev–Trinajstić information content (AvgIpc) is 1.65. The van der Waals surface area contributed by atoms with Gasteiger partial charge >= 0.3 is 6.03 Å². The Hall–Kier alpha value is -6.76. The molecule has 0 aromatic heterocycles. The molecule has 6 saturated carbocycles. The van der Waals surface area contributed by atoms with Crippen molar-refractivity contribution in [3.8, 4) is 11.5 Å². The number of nitrogens with one attached hydrogen (secondary N) is 4. The molecule has 0 radical (unpaired) electrons. The molecule has 2 aromatic rings. The van der Waals surface area contributed by atoms with Gasteiger partial charge in [-0.3, -0.25) is 33.6 Å². The molecule has 8 fully saturated rings. The van der Waals surface area contributed by atoms with E-state index in [0.29, 0.717) is 84.2 Å². The van der Waals surface area contributed by atoms with Crippen molar-refractivity contribution >= 4 is 64.5 Å².